The average Bonchev–Trinajstić information content (AvgIpc) is 2.77. The van der Waals surface area contributed by atoms with Crippen LogP contribution < -0.4 is 10.2 Å². The number of hydroxylamine groups is 4. The molecule has 10 heteroatoms. The van der Waals surface area contributed by atoms with Crippen LogP contribution in [0.1, 0.15) is 128 Å². The van der Waals surface area contributed by atoms with Crippen LogP contribution in [-0.2, 0) is 9.68 Å². The third-order valence-electron chi connectivity index (χ3n) is 9.36. The Hall–Kier alpha value is -1.59. The molecule has 254 valence electrons. The third kappa shape index (κ3) is 8.60. The molecule has 2 saturated heterocycles. The predicted molar refractivity (Wildman–Crippen MR) is 182 cm³/mol. The van der Waals surface area contributed by atoms with Crippen molar-refractivity contribution >= 4 is 11.9 Å². The van der Waals surface area contributed by atoms with Crippen molar-refractivity contribution in [2.45, 2.75) is 169 Å². The molecule has 1 N–H and O–H groups in total. The van der Waals surface area contributed by atoms with E-state index in [2.05, 4.69) is 122 Å². The average molecular weight is 619 g/mol. The van der Waals surface area contributed by atoms with Gasteiger partial charge in [0.15, 0.2) is 0 Å². The van der Waals surface area contributed by atoms with Crippen molar-refractivity contribution in [1.82, 2.24) is 30.0 Å². The SMILES string of the molecule is CON1C(C)(C)CC(N(C)CN(c2nc(C)nc(NC(C)(C)CC(C)(C)C)n2)C2CC(C)(C)N(OC)C(C)(C)C2)CC1(C)C. The molecular formula is C34H66N8O2. The lowest BCUT2D eigenvalue weighted by Gasteiger charge is -2.57. The fourth-order valence-electron chi connectivity index (χ4n) is 8.96. The fraction of sp³-hybridized carbons (Fsp3) is 0.912. The standard InChI is InChI=1S/C34H66N8O2/c1-24-35-27(38-30(5,6)22-29(2,3)4)37-28(36-24)40(26-20-33(11,12)42(44-17)34(13,14)21-26)23-39(15)25-18-31(7,8)41(43-16)32(9,10)19-25/h25-26H,18-23H2,1-17H3,(H,35,36,37,38). The summed E-state index contributed by atoms with van der Waals surface area (Å²) < 4.78 is 0. The van der Waals surface area contributed by atoms with E-state index in [1.165, 1.54) is 0 Å². The van der Waals surface area contributed by atoms with Gasteiger partial charge in [-0.15, -0.1) is 0 Å². The van der Waals surface area contributed by atoms with Crippen LogP contribution in [0, 0.1) is 12.3 Å². The smallest absolute Gasteiger partial charge is 0.231 e. The quantitative estimate of drug-likeness (QED) is 0.287. The van der Waals surface area contributed by atoms with Crippen molar-refractivity contribution in [3.05, 3.63) is 5.82 Å². The Morgan fingerprint density at radius 3 is 1.59 bits per heavy atom. The van der Waals surface area contributed by atoms with Gasteiger partial charge in [0.2, 0.25) is 11.9 Å². The van der Waals surface area contributed by atoms with E-state index in [4.69, 9.17) is 24.6 Å². The molecule has 2 fully saturated rings. The minimum atomic E-state index is -0.177. The number of rotatable bonds is 10. The molecule has 1 aromatic heterocycles. The van der Waals surface area contributed by atoms with Crippen LogP contribution in [-0.4, -0.2) is 97.7 Å². The summed E-state index contributed by atoms with van der Waals surface area (Å²) in [6.07, 6.45) is 4.81. The highest BCUT2D eigenvalue weighted by Crippen LogP contribution is 2.43. The van der Waals surface area contributed by atoms with E-state index < -0.39 is 0 Å². The van der Waals surface area contributed by atoms with Gasteiger partial charge in [0.05, 0.1) is 20.9 Å². The first-order chi connectivity index (χ1) is 19.8. The summed E-state index contributed by atoms with van der Waals surface area (Å²) in [4.78, 5) is 31.7. The lowest BCUT2D eigenvalue weighted by atomic mass is 9.78. The number of hydrogen-bond donors (Lipinski definition) is 1. The number of anilines is 2. The Morgan fingerprint density at radius 2 is 1.18 bits per heavy atom. The number of nitrogens with one attached hydrogen (secondary N) is 1. The van der Waals surface area contributed by atoms with E-state index in [0.717, 1.165) is 43.9 Å². The van der Waals surface area contributed by atoms with Gasteiger partial charge >= 0.3 is 0 Å². The molecule has 0 aromatic carbocycles. The largest absolute Gasteiger partial charge is 0.349 e. The third-order valence-corrected chi connectivity index (χ3v) is 9.36. The number of aryl methyl sites for hydroxylation is 1. The molecule has 0 spiro atoms. The molecule has 1 aromatic rings. The molecule has 0 saturated carbocycles. The second-order valence-corrected chi connectivity index (χ2v) is 17.9. The second kappa shape index (κ2) is 12.5. The summed E-state index contributed by atoms with van der Waals surface area (Å²) in [5, 5.41) is 8.01. The maximum atomic E-state index is 5.97. The molecule has 0 radical (unpaired) electrons. The molecule has 10 nitrogen and oxygen atoms in total. The molecule has 0 unspecified atom stereocenters. The highest BCUT2D eigenvalue weighted by atomic mass is 16.7. The maximum Gasteiger partial charge on any atom is 0.231 e. The van der Waals surface area contributed by atoms with E-state index in [0.29, 0.717) is 18.7 Å². The fourth-order valence-corrected chi connectivity index (χ4v) is 8.96. The molecule has 0 amide bonds. The van der Waals surface area contributed by atoms with Crippen LogP contribution in [0.25, 0.3) is 0 Å². The van der Waals surface area contributed by atoms with Gasteiger partial charge in [-0.25, -0.2) is 0 Å². The Kier molecular flexibility index (Phi) is 10.5. The molecule has 2 aliphatic rings. The zero-order valence-electron chi connectivity index (χ0n) is 31.3. The molecule has 0 aliphatic carbocycles. The molecule has 44 heavy (non-hydrogen) atoms. The lowest BCUT2D eigenvalue weighted by molar-refractivity contribution is -0.272. The first kappa shape index (κ1) is 36.9. The summed E-state index contributed by atoms with van der Waals surface area (Å²) in [5.41, 5.74) is -0.567. The molecule has 3 heterocycles. The summed E-state index contributed by atoms with van der Waals surface area (Å²) in [6, 6.07) is 0.561. The zero-order valence-corrected chi connectivity index (χ0v) is 31.3. The Bertz CT molecular complexity index is 1090. The summed E-state index contributed by atoms with van der Waals surface area (Å²) in [5.74, 6) is 2.09. The van der Waals surface area contributed by atoms with Gasteiger partial charge in [-0.3, -0.25) is 4.90 Å². The molecule has 0 bridgehead atoms. The van der Waals surface area contributed by atoms with Gasteiger partial charge in [0.25, 0.3) is 0 Å². The van der Waals surface area contributed by atoms with E-state index in [9.17, 15) is 0 Å². The van der Waals surface area contributed by atoms with Crippen molar-refractivity contribution in [2.75, 3.05) is 38.2 Å². The van der Waals surface area contributed by atoms with Gasteiger partial charge in [-0.05, 0) is 121 Å². The Labute approximate surface area is 269 Å². The summed E-state index contributed by atoms with van der Waals surface area (Å²) in [7, 11) is 5.84. The van der Waals surface area contributed by atoms with Crippen molar-refractivity contribution < 1.29 is 9.68 Å². The van der Waals surface area contributed by atoms with Gasteiger partial charge < -0.3 is 19.9 Å². The van der Waals surface area contributed by atoms with Crippen molar-refractivity contribution in [1.29, 1.82) is 0 Å². The Balaban J connectivity index is 2.04. The van der Waals surface area contributed by atoms with Crippen molar-refractivity contribution in [2.24, 2.45) is 5.41 Å². The van der Waals surface area contributed by atoms with Crippen LogP contribution in [0.5, 0.6) is 0 Å². The van der Waals surface area contributed by atoms with E-state index in [1.54, 1.807) is 14.2 Å². The van der Waals surface area contributed by atoms with E-state index in [-0.39, 0.29) is 39.2 Å². The van der Waals surface area contributed by atoms with Crippen molar-refractivity contribution in [3.8, 4) is 0 Å². The number of piperidine rings is 2. The number of nitrogens with zero attached hydrogens (tertiary/aromatic N) is 7. The number of aromatic nitrogens is 3. The maximum absolute atomic E-state index is 5.97. The highest BCUT2D eigenvalue weighted by Gasteiger charge is 2.50. The van der Waals surface area contributed by atoms with Gasteiger partial charge in [0, 0.05) is 39.8 Å². The first-order valence-corrected chi connectivity index (χ1v) is 16.5. The van der Waals surface area contributed by atoms with Gasteiger partial charge in [0.1, 0.15) is 5.82 Å². The highest BCUT2D eigenvalue weighted by molar-refractivity contribution is 5.40. The van der Waals surface area contributed by atoms with Crippen LogP contribution in [0.4, 0.5) is 11.9 Å². The minimum Gasteiger partial charge on any atom is -0.349 e. The van der Waals surface area contributed by atoms with Crippen molar-refractivity contribution in [3.63, 3.8) is 0 Å². The molecule has 0 atom stereocenters. The van der Waals surface area contributed by atoms with Crippen LogP contribution >= 0.6 is 0 Å². The number of hydrogen-bond acceptors (Lipinski definition) is 10. The lowest BCUT2D eigenvalue weighted by Crippen LogP contribution is -2.66. The molecule has 2 aliphatic heterocycles. The van der Waals surface area contributed by atoms with Crippen LogP contribution in [0.15, 0.2) is 0 Å². The summed E-state index contributed by atoms with van der Waals surface area (Å²) >= 11 is 0. The van der Waals surface area contributed by atoms with E-state index in [1.807, 2.05) is 6.92 Å². The summed E-state index contributed by atoms with van der Waals surface area (Å²) in [6.45, 7) is 32.2. The second-order valence-electron chi connectivity index (χ2n) is 17.9. The monoisotopic (exact) mass is 619 g/mol. The minimum absolute atomic E-state index is 0.104. The van der Waals surface area contributed by atoms with Gasteiger partial charge in [-0.1, -0.05) is 20.8 Å². The van der Waals surface area contributed by atoms with Crippen LogP contribution in [0.2, 0.25) is 0 Å². The van der Waals surface area contributed by atoms with Crippen LogP contribution in [0.3, 0.4) is 0 Å². The first-order valence-electron chi connectivity index (χ1n) is 16.5. The molecular weight excluding hydrogens is 552 g/mol. The zero-order chi connectivity index (χ0) is 33.7. The van der Waals surface area contributed by atoms with Gasteiger partial charge in [-0.2, -0.15) is 25.1 Å². The topological polar surface area (TPSA) is 82.1 Å². The normalized spacial score (nSPS) is 23.2. The Morgan fingerprint density at radius 1 is 0.750 bits per heavy atom. The van der Waals surface area contributed by atoms with E-state index >= 15 is 0 Å². The predicted octanol–water partition coefficient (Wildman–Crippen LogP) is 6.67. The molecule has 3 rings (SSSR count).